The number of halogens is 2. The first-order chi connectivity index (χ1) is 10.5. The Kier molecular flexibility index (Phi) is 4.02. The number of likely N-dealkylation sites (tertiary alicyclic amines) is 1. The summed E-state index contributed by atoms with van der Waals surface area (Å²) in [4.78, 5) is 12.9. The Morgan fingerprint density at radius 3 is 2.82 bits per heavy atom. The summed E-state index contributed by atoms with van der Waals surface area (Å²) < 4.78 is 40.1. The first-order valence-corrected chi connectivity index (χ1v) is 6.89. The number of hydrogen-bond donors (Lipinski definition) is 1. The van der Waals surface area contributed by atoms with Gasteiger partial charge < -0.3 is 19.3 Å². The first-order valence-electron chi connectivity index (χ1n) is 6.89. The van der Waals surface area contributed by atoms with Crippen molar-refractivity contribution >= 4 is 5.97 Å². The minimum Gasteiger partial charge on any atom is -0.480 e. The fourth-order valence-electron chi connectivity index (χ4n) is 2.81. The van der Waals surface area contributed by atoms with E-state index in [1.54, 1.807) is 11.0 Å². The number of benzene rings is 1. The van der Waals surface area contributed by atoms with Crippen molar-refractivity contribution in [1.82, 2.24) is 4.90 Å². The summed E-state index contributed by atoms with van der Waals surface area (Å²) in [7, 11) is 0. The lowest BCUT2D eigenvalue weighted by molar-refractivity contribution is -0.142. The maximum absolute atomic E-state index is 12.6. The van der Waals surface area contributed by atoms with Crippen molar-refractivity contribution < 1.29 is 32.9 Å². The van der Waals surface area contributed by atoms with Gasteiger partial charge in [0.15, 0.2) is 11.5 Å². The van der Waals surface area contributed by atoms with Crippen LogP contribution < -0.4 is 14.2 Å². The summed E-state index contributed by atoms with van der Waals surface area (Å²) in [6.45, 7) is -2.14. The summed E-state index contributed by atoms with van der Waals surface area (Å²) in [5.41, 5.74) is 0.456. The molecule has 6 nitrogen and oxygen atoms in total. The van der Waals surface area contributed by atoms with Crippen LogP contribution in [0.15, 0.2) is 12.1 Å². The summed E-state index contributed by atoms with van der Waals surface area (Å²) >= 11 is 0. The number of carboxylic acids is 1. The van der Waals surface area contributed by atoms with Gasteiger partial charge in [0.25, 0.3) is 0 Å². The van der Waals surface area contributed by atoms with Gasteiger partial charge in [-0.3, -0.25) is 9.69 Å². The van der Waals surface area contributed by atoms with Gasteiger partial charge in [-0.2, -0.15) is 8.78 Å². The quantitative estimate of drug-likeness (QED) is 0.897. The fourth-order valence-corrected chi connectivity index (χ4v) is 2.81. The van der Waals surface area contributed by atoms with E-state index < -0.39 is 18.6 Å². The van der Waals surface area contributed by atoms with Gasteiger partial charge in [-0.05, 0) is 25.5 Å². The van der Waals surface area contributed by atoms with E-state index in [0.717, 1.165) is 6.42 Å². The highest BCUT2D eigenvalue weighted by atomic mass is 19.3. The maximum atomic E-state index is 12.6. The molecule has 1 aromatic carbocycles. The zero-order valence-electron chi connectivity index (χ0n) is 11.6. The number of fused-ring (bicyclic) bond motifs is 1. The Hall–Kier alpha value is -2.09. The standard InChI is InChI=1S/C14H15F2NO5/c15-14(16)22-10-5-12-11(20-7-21-12)4-8(10)6-17-3-1-2-9(17)13(18)19/h4-5,9,14H,1-3,6-7H2,(H,18,19). The van der Waals surface area contributed by atoms with Gasteiger partial charge in [0.05, 0.1) is 0 Å². The van der Waals surface area contributed by atoms with E-state index in [2.05, 4.69) is 4.74 Å². The van der Waals surface area contributed by atoms with Gasteiger partial charge in [0.1, 0.15) is 11.8 Å². The van der Waals surface area contributed by atoms with E-state index in [-0.39, 0.29) is 19.1 Å². The number of nitrogens with zero attached hydrogens (tertiary/aromatic N) is 1. The molecule has 0 saturated carbocycles. The molecule has 1 N–H and O–H groups in total. The normalized spacial score (nSPS) is 20.6. The molecule has 0 aromatic heterocycles. The van der Waals surface area contributed by atoms with Gasteiger partial charge in [0, 0.05) is 18.2 Å². The Labute approximate surface area is 125 Å². The van der Waals surface area contributed by atoms with Crippen molar-refractivity contribution in [2.45, 2.75) is 32.0 Å². The van der Waals surface area contributed by atoms with Crippen LogP contribution in [0, 0.1) is 0 Å². The molecule has 2 aliphatic heterocycles. The molecule has 0 bridgehead atoms. The van der Waals surface area contributed by atoms with Crippen molar-refractivity contribution in [2.24, 2.45) is 0 Å². The van der Waals surface area contributed by atoms with E-state index in [1.807, 2.05) is 0 Å². The second-order valence-corrected chi connectivity index (χ2v) is 5.16. The third kappa shape index (κ3) is 2.92. The lowest BCUT2D eigenvalue weighted by Crippen LogP contribution is -2.35. The molecular formula is C14H15F2NO5. The van der Waals surface area contributed by atoms with Crippen LogP contribution >= 0.6 is 0 Å². The largest absolute Gasteiger partial charge is 0.480 e. The monoisotopic (exact) mass is 315 g/mol. The molecule has 1 fully saturated rings. The van der Waals surface area contributed by atoms with Crippen LogP contribution in [0.25, 0.3) is 0 Å². The van der Waals surface area contributed by atoms with Crippen LogP contribution in [0.5, 0.6) is 17.2 Å². The highest BCUT2D eigenvalue weighted by Gasteiger charge is 2.31. The molecule has 1 saturated heterocycles. The number of carbonyl (C=O) groups is 1. The highest BCUT2D eigenvalue weighted by molar-refractivity contribution is 5.73. The Bertz CT molecular complexity index is 581. The minimum atomic E-state index is -2.96. The van der Waals surface area contributed by atoms with Crippen molar-refractivity contribution in [2.75, 3.05) is 13.3 Å². The van der Waals surface area contributed by atoms with Gasteiger partial charge in [-0.25, -0.2) is 0 Å². The number of carboxylic acid groups (broad SMARTS) is 1. The average molecular weight is 315 g/mol. The van der Waals surface area contributed by atoms with Gasteiger partial charge in [-0.15, -0.1) is 0 Å². The van der Waals surface area contributed by atoms with Crippen LogP contribution in [-0.2, 0) is 11.3 Å². The molecule has 22 heavy (non-hydrogen) atoms. The lowest BCUT2D eigenvalue weighted by Gasteiger charge is -2.22. The van der Waals surface area contributed by atoms with Crippen LogP contribution in [0.4, 0.5) is 8.78 Å². The van der Waals surface area contributed by atoms with Crippen LogP contribution in [0.3, 0.4) is 0 Å². The molecule has 1 unspecified atom stereocenters. The van der Waals surface area contributed by atoms with Crippen LogP contribution in [0.1, 0.15) is 18.4 Å². The molecule has 0 amide bonds. The lowest BCUT2D eigenvalue weighted by atomic mass is 10.1. The SMILES string of the molecule is O=C(O)C1CCCN1Cc1cc2c(cc1OC(F)F)OCO2. The van der Waals surface area contributed by atoms with Gasteiger partial charge >= 0.3 is 12.6 Å². The summed E-state index contributed by atoms with van der Waals surface area (Å²) in [6.07, 6.45) is 1.30. The topological polar surface area (TPSA) is 68.2 Å². The first kappa shape index (κ1) is 14.8. The molecule has 0 radical (unpaired) electrons. The zero-order valence-corrected chi connectivity index (χ0v) is 11.6. The molecule has 1 aromatic rings. The van der Waals surface area contributed by atoms with E-state index in [1.165, 1.54) is 6.07 Å². The van der Waals surface area contributed by atoms with E-state index in [4.69, 9.17) is 9.47 Å². The number of rotatable bonds is 5. The fraction of sp³-hybridized carbons (Fsp3) is 0.500. The third-order valence-corrected chi connectivity index (χ3v) is 3.79. The molecule has 3 rings (SSSR count). The van der Waals surface area contributed by atoms with Crippen LogP contribution in [0.2, 0.25) is 0 Å². The second-order valence-electron chi connectivity index (χ2n) is 5.16. The molecule has 120 valence electrons. The Balaban J connectivity index is 1.86. The number of hydrogen-bond acceptors (Lipinski definition) is 5. The van der Waals surface area contributed by atoms with E-state index in [0.29, 0.717) is 30.0 Å². The van der Waals surface area contributed by atoms with Crippen molar-refractivity contribution in [3.8, 4) is 17.2 Å². The third-order valence-electron chi connectivity index (χ3n) is 3.79. The molecule has 8 heteroatoms. The van der Waals surface area contributed by atoms with Crippen molar-refractivity contribution in [3.05, 3.63) is 17.7 Å². The van der Waals surface area contributed by atoms with Gasteiger partial charge in [-0.1, -0.05) is 0 Å². The van der Waals surface area contributed by atoms with Gasteiger partial charge in [0.2, 0.25) is 6.79 Å². The molecule has 2 aliphatic rings. The molecular weight excluding hydrogens is 300 g/mol. The smallest absolute Gasteiger partial charge is 0.387 e. The predicted octanol–water partition coefficient (Wildman–Crippen LogP) is 2.07. The Morgan fingerprint density at radius 1 is 1.41 bits per heavy atom. The molecule has 2 heterocycles. The van der Waals surface area contributed by atoms with E-state index in [9.17, 15) is 18.7 Å². The maximum Gasteiger partial charge on any atom is 0.387 e. The second kappa shape index (κ2) is 5.96. The number of alkyl halides is 2. The summed E-state index contributed by atoms with van der Waals surface area (Å²) in [5.74, 6) is -0.136. The van der Waals surface area contributed by atoms with E-state index >= 15 is 0 Å². The molecule has 0 aliphatic carbocycles. The number of ether oxygens (including phenoxy) is 3. The predicted molar refractivity (Wildman–Crippen MR) is 70.3 cm³/mol. The summed E-state index contributed by atoms with van der Waals surface area (Å²) in [5, 5.41) is 9.19. The average Bonchev–Trinajstić information content (AvgIpc) is 3.06. The van der Waals surface area contributed by atoms with Crippen molar-refractivity contribution in [1.29, 1.82) is 0 Å². The highest BCUT2D eigenvalue weighted by Crippen LogP contribution is 2.39. The molecule has 1 atom stereocenters. The molecule has 0 spiro atoms. The van der Waals surface area contributed by atoms with Crippen LogP contribution in [-0.4, -0.2) is 42.0 Å². The summed E-state index contributed by atoms with van der Waals surface area (Å²) in [6, 6.07) is 2.32. The zero-order chi connectivity index (χ0) is 15.7. The van der Waals surface area contributed by atoms with Crippen molar-refractivity contribution in [3.63, 3.8) is 0 Å². The number of aliphatic carboxylic acids is 1. The minimum absolute atomic E-state index is 0.0183. The Morgan fingerprint density at radius 2 is 2.14 bits per heavy atom.